The van der Waals surface area contributed by atoms with Crippen LogP contribution >= 0.6 is 0 Å². The second-order valence-electron chi connectivity index (χ2n) is 9.73. The fraction of sp³-hybridized carbons (Fsp3) is 0.414. The molecule has 2 aliphatic heterocycles. The molecule has 1 aromatic heterocycles. The molecule has 0 spiro atoms. The molecule has 2 saturated heterocycles. The molecule has 0 bridgehead atoms. The maximum absolute atomic E-state index is 12.9. The average molecular weight is 475 g/mol. The number of hydrogen-bond acceptors (Lipinski definition) is 5. The van der Waals surface area contributed by atoms with Gasteiger partial charge in [-0.3, -0.25) is 9.69 Å². The number of benzene rings is 2. The number of aliphatic hydroxyl groups is 1. The van der Waals surface area contributed by atoms with Crippen molar-refractivity contribution in [1.29, 1.82) is 0 Å². The summed E-state index contributed by atoms with van der Waals surface area (Å²) in [4.78, 5) is 17.1. The third kappa shape index (κ3) is 5.14. The number of fused-ring (bicyclic) bond motifs is 1. The molecule has 0 radical (unpaired) electrons. The Morgan fingerprint density at radius 3 is 2.60 bits per heavy atom. The van der Waals surface area contributed by atoms with Gasteiger partial charge in [0.15, 0.2) is 5.76 Å². The zero-order chi connectivity index (χ0) is 24.3. The molecule has 35 heavy (non-hydrogen) atoms. The van der Waals surface area contributed by atoms with Crippen molar-refractivity contribution in [2.45, 2.75) is 44.2 Å². The molecule has 0 unspecified atom stereocenters. The van der Waals surface area contributed by atoms with Crippen LogP contribution in [0.3, 0.4) is 0 Å². The van der Waals surface area contributed by atoms with Crippen LogP contribution in [0.2, 0.25) is 0 Å². The first-order valence-electron chi connectivity index (χ1n) is 12.7. The molecule has 2 aliphatic rings. The van der Waals surface area contributed by atoms with Crippen LogP contribution in [0.5, 0.6) is 5.75 Å². The van der Waals surface area contributed by atoms with Crippen molar-refractivity contribution >= 4 is 16.9 Å². The van der Waals surface area contributed by atoms with E-state index in [4.69, 9.17) is 9.15 Å². The number of piperidine rings is 2. The molecule has 2 fully saturated rings. The number of amides is 1. The van der Waals surface area contributed by atoms with Gasteiger partial charge in [-0.2, -0.15) is 0 Å². The molecule has 6 heteroatoms. The van der Waals surface area contributed by atoms with Crippen LogP contribution in [-0.2, 0) is 12.1 Å². The Morgan fingerprint density at radius 2 is 1.83 bits per heavy atom. The molecule has 3 aromatic rings. The van der Waals surface area contributed by atoms with E-state index in [-0.39, 0.29) is 5.91 Å². The topological polar surface area (TPSA) is 66.2 Å². The van der Waals surface area contributed by atoms with Gasteiger partial charge in [-0.25, -0.2) is 0 Å². The van der Waals surface area contributed by atoms with E-state index in [1.54, 1.807) is 6.08 Å². The molecule has 2 aromatic carbocycles. The molecule has 5 rings (SSSR count). The minimum absolute atomic E-state index is 0.0354. The van der Waals surface area contributed by atoms with Crippen molar-refractivity contribution in [3.63, 3.8) is 0 Å². The molecule has 0 atom stereocenters. The Morgan fingerprint density at radius 1 is 1.06 bits per heavy atom. The van der Waals surface area contributed by atoms with E-state index in [0.29, 0.717) is 30.8 Å². The van der Waals surface area contributed by atoms with Gasteiger partial charge in [-0.1, -0.05) is 36.9 Å². The number of furan rings is 1. The monoisotopic (exact) mass is 474 g/mol. The highest BCUT2D eigenvalue weighted by molar-refractivity contribution is 5.96. The highest BCUT2D eigenvalue weighted by Gasteiger charge is 2.34. The predicted molar refractivity (Wildman–Crippen MR) is 137 cm³/mol. The number of para-hydroxylation sites is 1. The second-order valence-corrected chi connectivity index (χ2v) is 9.73. The first kappa shape index (κ1) is 23.6. The standard InChI is InChI=1S/C29H34N2O4/c1-2-18-34-25-9-5-4-8-22(25)21-30-16-12-29(33,13-17-30)24-10-11-26-23(19-24)20-27(35-26)28(32)31-14-6-3-7-15-31/h2,4-5,8-11,19-20,33H,1,3,6-7,12-18,21H2. The lowest BCUT2D eigenvalue weighted by molar-refractivity contribution is -0.0277. The SMILES string of the molecule is C=CCOc1ccccc1CN1CCC(O)(c2ccc3oc(C(=O)N4CCCCC4)cc3c2)CC1. The third-order valence-corrected chi connectivity index (χ3v) is 7.31. The van der Waals surface area contributed by atoms with Gasteiger partial charge in [-0.05, 0) is 61.9 Å². The van der Waals surface area contributed by atoms with E-state index in [9.17, 15) is 9.90 Å². The molecule has 184 valence electrons. The molecule has 3 heterocycles. The largest absolute Gasteiger partial charge is 0.489 e. The van der Waals surface area contributed by atoms with Crippen molar-refractivity contribution in [2.24, 2.45) is 0 Å². The molecule has 1 amide bonds. The summed E-state index contributed by atoms with van der Waals surface area (Å²) < 4.78 is 11.7. The third-order valence-electron chi connectivity index (χ3n) is 7.31. The highest BCUT2D eigenvalue weighted by Crippen LogP contribution is 2.36. The number of carbonyl (C=O) groups is 1. The number of carbonyl (C=O) groups excluding carboxylic acids is 1. The smallest absolute Gasteiger partial charge is 0.289 e. The maximum Gasteiger partial charge on any atom is 0.289 e. The number of ether oxygens (including phenoxy) is 1. The van der Waals surface area contributed by atoms with Crippen LogP contribution in [0.4, 0.5) is 0 Å². The van der Waals surface area contributed by atoms with E-state index in [2.05, 4.69) is 17.5 Å². The van der Waals surface area contributed by atoms with Crippen molar-refractivity contribution in [3.8, 4) is 5.75 Å². The fourth-order valence-corrected chi connectivity index (χ4v) is 5.23. The summed E-state index contributed by atoms with van der Waals surface area (Å²) in [5, 5.41) is 12.4. The van der Waals surface area contributed by atoms with Crippen molar-refractivity contribution in [1.82, 2.24) is 9.80 Å². The maximum atomic E-state index is 12.9. The number of rotatable bonds is 7. The Labute approximate surface area is 206 Å². The predicted octanol–water partition coefficient (Wildman–Crippen LogP) is 5.11. The lowest BCUT2D eigenvalue weighted by Crippen LogP contribution is -2.42. The Kier molecular flexibility index (Phi) is 6.93. The minimum Gasteiger partial charge on any atom is -0.489 e. The lowest BCUT2D eigenvalue weighted by Gasteiger charge is -2.38. The first-order valence-corrected chi connectivity index (χ1v) is 12.7. The van der Waals surface area contributed by atoms with Gasteiger partial charge in [0.2, 0.25) is 0 Å². The summed E-state index contributed by atoms with van der Waals surface area (Å²) in [6.45, 7) is 8.16. The zero-order valence-corrected chi connectivity index (χ0v) is 20.2. The number of nitrogens with zero attached hydrogens (tertiary/aromatic N) is 2. The molecule has 6 nitrogen and oxygen atoms in total. The van der Waals surface area contributed by atoms with Crippen LogP contribution < -0.4 is 4.74 Å². The van der Waals surface area contributed by atoms with Gasteiger partial charge in [0.1, 0.15) is 17.9 Å². The fourth-order valence-electron chi connectivity index (χ4n) is 5.23. The van der Waals surface area contributed by atoms with E-state index >= 15 is 0 Å². The van der Waals surface area contributed by atoms with Crippen LogP contribution in [0.1, 0.15) is 53.8 Å². The quantitative estimate of drug-likeness (QED) is 0.482. The van der Waals surface area contributed by atoms with E-state index in [1.165, 1.54) is 6.42 Å². The van der Waals surface area contributed by atoms with Crippen LogP contribution in [0.25, 0.3) is 11.0 Å². The Balaban J connectivity index is 1.26. The summed E-state index contributed by atoms with van der Waals surface area (Å²) in [6, 6.07) is 15.7. The van der Waals surface area contributed by atoms with E-state index in [1.807, 2.05) is 47.4 Å². The van der Waals surface area contributed by atoms with Gasteiger partial charge < -0.3 is 19.2 Å². The van der Waals surface area contributed by atoms with Crippen molar-refractivity contribution in [2.75, 3.05) is 32.8 Å². The summed E-state index contributed by atoms with van der Waals surface area (Å²) in [5.41, 5.74) is 1.83. The van der Waals surface area contributed by atoms with Gasteiger partial charge in [0.25, 0.3) is 5.91 Å². The lowest BCUT2D eigenvalue weighted by atomic mass is 9.84. The number of hydrogen-bond donors (Lipinski definition) is 1. The first-order chi connectivity index (χ1) is 17.1. The number of likely N-dealkylation sites (tertiary alicyclic amines) is 2. The summed E-state index contributed by atoms with van der Waals surface area (Å²) in [5.74, 6) is 1.23. The normalized spacial score (nSPS) is 18.5. The van der Waals surface area contributed by atoms with Gasteiger partial charge in [0.05, 0.1) is 5.60 Å². The molecule has 0 saturated carbocycles. The van der Waals surface area contributed by atoms with Gasteiger partial charge in [0, 0.05) is 43.7 Å². The van der Waals surface area contributed by atoms with Crippen molar-refractivity contribution in [3.05, 3.63) is 78.1 Å². The Hall–Kier alpha value is -3.09. The van der Waals surface area contributed by atoms with Gasteiger partial charge >= 0.3 is 0 Å². The molecular weight excluding hydrogens is 440 g/mol. The van der Waals surface area contributed by atoms with Crippen molar-refractivity contribution < 1.29 is 19.1 Å². The van der Waals surface area contributed by atoms with E-state index in [0.717, 1.165) is 67.8 Å². The van der Waals surface area contributed by atoms with Crippen LogP contribution in [0.15, 0.2) is 65.6 Å². The Bertz CT molecular complexity index is 1190. The summed E-state index contributed by atoms with van der Waals surface area (Å²) in [6.07, 6.45) is 6.32. The van der Waals surface area contributed by atoms with Crippen LogP contribution in [-0.4, -0.2) is 53.6 Å². The molecular formula is C29H34N2O4. The average Bonchev–Trinajstić information content (AvgIpc) is 3.33. The minimum atomic E-state index is -0.891. The van der Waals surface area contributed by atoms with E-state index < -0.39 is 5.60 Å². The summed E-state index contributed by atoms with van der Waals surface area (Å²) >= 11 is 0. The zero-order valence-electron chi connectivity index (χ0n) is 20.2. The summed E-state index contributed by atoms with van der Waals surface area (Å²) in [7, 11) is 0. The second kappa shape index (κ2) is 10.3. The molecule has 1 N–H and O–H groups in total. The van der Waals surface area contributed by atoms with Gasteiger partial charge in [-0.15, -0.1) is 0 Å². The molecule has 0 aliphatic carbocycles. The van der Waals surface area contributed by atoms with Crippen LogP contribution in [0, 0.1) is 0 Å². The highest BCUT2D eigenvalue weighted by atomic mass is 16.5.